The van der Waals surface area contributed by atoms with Crippen LogP contribution in [0.2, 0.25) is 0 Å². The molecule has 4 rings (SSSR count). The number of carbonyl (C=O) groups is 1. The van der Waals surface area contributed by atoms with Gasteiger partial charge in [0.05, 0.1) is 11.8 Å². The van der Waals surface area contributed by atoms with Crippen LogP contribution >= 0.6 is 0 Å². The van der Waals surface area contributed by atoms with Gasteiger partial charge >= 0.3 is 5.63 Å². The lowest BCUT2D eigenvalue weighted by Gasteiger charge is -2.34. The number of likely N-dealkylation sites (tertiary alicyclic amines) is 1. The molecule has 2 aromatic heterocycles. The van der Waals surface area contributed by atoms with Crippen LogP contribution in [0.15, 0.2) is 39.7 Å². The van der Waals surface area contributed by atoms with Gasteiger partial charge in [-0.2, -0.15) is 0 Å². The summed E-state index contributed by atoms with van der Waals surface area (Å²) in [6, 6.07) is 7.36. The number of piperidine rings is 1. The minimum absolute atomic E-state index is 0.0532. The molecule has 2 aliphatic rings. The molecule has 6 heteroatoms. The van der Waals surface area contributed by atoms with Gasteiger partial charge in [-0.3, -0.25) is 9.78 Å². The second-order valence-corrected chi connectivity index (χ2v) is 7.95. The second-order valence-electron chi connectivity index (χ2n) is 7.95. The highest BCUT2D eigenvalue weighted by atomic mass is 16.4. The number of aliphatic hydroxyl groups excluding tert-OH is 1. The normalized spacial score (nSPS) is 19.3. The number of pyridine rings is 1. The van der Waals surface area contributed by atoms with Crippen LogP contribution in [-0.2, 0) is 0 Å². The fourth-order valence-corrected chi connectivity index (χ4v) is 4.15. The summed E-state index contributed by atoms with van der Waals surface area (Å²) in [6.07, 6.45) is 5.64. The standard InChI is InChI=1S/C22H26N2O4/c1-14-13-18(15-5-4-6-15)28-22(27)19(14)21(26)24-11-8-16(9-12-24)20(25)17-7-2-3-10-23-17/h2-3,7,10,13,15-16,20,25H,4-6,8-9,11-12H2,1H3. The van der Waals surface area contributed by atoms with Gasteiger partial charge < -0.3 is 14.4 Å². The summed E-state index contributed by atoms with van der Waals surface area (Å²) in [5.41, 5.74) is 0.975. The Bertz CT molecular complexity index is 896. The highest BCUT2D eigenvalue weighted by Crippen LogP contribution is 2.36. The lowest BCUT2D eigenvalue weighted by atomic mass is 9.83. The first-order valence-corrected chi connectivity index (χ1v) is 10.1. The molecular formula is C22H26N2O4. The van der Waals surface area contributed by atoms with Gasteiger partial charge in [-0.25, -0.2) is 4.79 Å². The maximum Gasteiger partial charge on any atom is 0.349 e. The van der Waals surface area contributed by atoms with E-state index < -0.39 is 11.7 Å². The van der Waals surface area contributed by atoms with E-state index in [-0.39, 0.29) is 17.4 Å². The minimum Gasteiger partial charge on any atom is -0.427 e. The Morgan fingerprint density at radius 1 is 1.25 bits per heavy atom. The maximum atomic E-state index is 12.9. The molecule has 0 bridgehead atoms. The first-order chi connectivity index (χ1) is 13.5. The Balaban J connectivity index is 1.43. The van der Waals surface area contributed by atoms with E-state index in [0.29, 0.717) is 48.9 Å². The Labute approximate surface area is 164 Å². The lowest BCUT2D eigenvalue weighted by molar-refractivity contribution is 0.0444. The number of aliphatic hydroxyl groups is 1. The van der Waals surface area contributed by atoms with Crippen molar-refractivity contribution in [1.82, 2.24) is 9.88 Å². The molecule has 1 unspecified atom stereocenters. The van der Waals surface area contributed by atoms with Crippen LogP contribution in [0.3, 0.4) is 0 Å². The molecule has 0 radical (unpaired) electrons. The van der Waals surface area contributed by atoms with Crippen molar-refractivity contribution in [1.29, 1.82) is 0 Å². The zero-order valence-electron chi connectivity index (χ0n) is 16.1. The van der Waals surface area contributed by atoms with Crippen LogP contribution < -0.4 is 5.63 Å². The van der Waals surface area contributed by atoms with Gasteiger partial charge in [0.1, 0.15) is 11.3 Å². The third-order valence-electron chi connectivity index (χ3n) is 6.15. The fraction of sp³-hybridized carbons (Fsp3) is 0.500. The quantitative estimate of drug-likeness (QED) is 0.878. The van der Waals surface area contributed by atoms with E-state index in [0.717, 1.165) is 19.3 Å². The molecule has 1 saturated heterocycles. The summed E-state index contributed by atoms with van der Waals surface area (Å²) in [5.74, 6) is 0.816. The molecule has 6 nitrogen and oxygen atoms in total. The molecule has 148 valence electrons. The topological polar surface area (TPSA) is 83.6 Å². The highest BCUT2D eigenvalue weighted by molar-refractivity contribution is 5.95. The molecule has 28 heavy (non-hydrogen) atoms. The van der Waals surface area contributed by atoms with E-state index in [9.17, 15) is 14.7 Å². The smallest absolute Gasteiger partial charge is 0.349 e. The number of aryl methyl sites for hydroxylation is 1. The Kier molecular flexibility index (Phi) is 5.31. The van der Waals surface area contributed by atoms with Crippen LogP contribution in [0.4, 0.5) is 0 Å². The zero-order valence-corrected chi connectivity index (χ0v) is 16.1. The molecule has 1 aliphatic carbocycles. The first kappa shape index (κ1) is 18.9. The van der Waals surface area contributed by atoms with Crippen molar-refractivity contribution in [3.05, 3.63) is 63.5 Å². The number of hydrogen-bond acceptors (Lipinski definition) is 5. The van der Waals surface area contributed by atoms with Crippen molar-refractivity contribution in [3.8, 4) is 0 Å². The van der Waals surface area contributed by atoms with Crippen LogP contribution in [0.1, 0.15) is 71.5 Å². The number of amides is 1. The van der Waals surface area contributed by atoms with Crippen LogP contribution in [0.5, 0.6) is 0 Å². The van der Waals surface area contributed by atoms with E-state index in [4.69, 9.17) is 4.42 Å². The third-order valence-corrected chi connectivity index (χ3v) is 6.15. The van der Waals surface area contributed by atoms with Crippen molar-refractivity contribution in [2.75, 3.05) is 13.1 Å². The monoisotopic (exact) mass is 382 g/mol. The van der Waals surface area contributed by atoms with E-state index in [1.54, 1.807) is 11.1 Å². The van der Waals surface area contributed by atoms with Crippen LogP contribution in [0, 0.1) is 12.8 Å². The Hall–Kier alpha value is -2.47. The molecular weight excluding hydrogens is 356 g/mol. The van der Waals surface area contributed by atoms with Crippen molar-refractivity contribution in [2.24, 2.45) is 5.92 Å². The maximum absolute atomic E-state index is 12.9. The largest absolute Gasteiger partial charge is 0.427 e. The molecule has 1 atom stereocenters. The molecule has 0 aromatic carbocycles. The summed E-state index contributed by atoms with van der Waals surface area (Å²) >= 11 is 0. The van der Waals surface area contributed by atoms with Crippen LogP contribution in [0.25, 0.3) is 0 Å². The van der Waals surface area contributed by atoms with Crippen molar-refractivity contribution in [2.45, 2.75) is 51.0 Å². The number of nitrogens with zero attached hydrogens (tertiary/aromatic N) is 2. The van der Waals surface area contributed by atoms with Gasteiger partial charge in [-0.15, -0.1) is 0 Å². The van der Waals surface area contributed by atoms with E-state index in [1.165, 1.54) is 0 Å². The van der Waals surface area contributed by atoms with Gasteiger partial charge in [0.2, 0.25) is 0 Å². The molecule has 1 aliphatic heterocycles. The third kappa shape index (κ3) is 3.61. The van der Waals surface area contributed by atoms with Gasteiger partial charge in [0, 0.05) is 25.2 Å². The Morgan fingerprint density at radius 3 is 2.57 bits per heavy atom. The molecule has 1 amide bonds. The highest BCUT2D eigenvalue weighted by Gasteiger charge is 2.32. The molecule has 3 heterocycles. The van der Waals surface area contributed by atoms with Crippen LogP contribution in [-0.4, -0.2) is 34.0 Å². The zero-order chi connectivity index (χ0) is 19.7. The van der Waals surface area contributed by atoms with Crippen molar-refractivity contribution < 1.29 is 14.3 Å². The number of rotatable bonds is 4. The summed E-state index contributed by atoms with van der Waals surface area (Å²) in [4.78, 5) is 31.4. The summed E-state index contributed by atoms with van der Waals surface area (Å²) < 4.78 is 5.47. The van der Waals surface area contributed by atoms with Gasteiger partial charge in [0.25, 0.3) is 5.91 Å². The number of hydrogen-bond donors (Lipinski definition) is 1. The predicted molar refractivity (Wildman–Crippen MR) is 104 cm³/mol. The van der Waals surface area contributed by atoms with E-state index in [2.05, 4.69) is 4.98 Å². The molecule has 0 spiro atoms. The van der Waals surface area contributed by atoms with Gasteiger partial charge in [0.15, 0.2) is 0 Å². The molecule has 2 fully saturated rings. The fourth-order valence-electron chi connectivity index (χ4n) is 4.15. The average molecular weight is 382 g/mol. The number of aromatic nitrogens is 1. The Morgan fingerprint density at radius 2 is 2.00 bits per heavy atom. The SMILES string of the molecule is Cc1cc(C2CCC2)oc(=O)c1C(=O)N1CCC(C(O)c2ccccn2)CC1. The summed E-state index contributed by atoms with van der Waals surface area (Å²) in [6.45, 7) is 2.83. The molecule has 1 N–H and O–H groups in total. The molecule has 1 saturated carbocycles. The lowest BCUT2D eigenvalue weighted by Crippen LogP contribution is -2.41. The van der Waals surface area contributed by atoms with Gasteiger partial charge in [-0.1, -0.05) is 12.5 Å². The average Bonchev–Trinajstić information content (AvgIpc) is 2.66. The molecule has 2 aromatic rings. The van der Waals surface area contributed by atoms with Crippen molar-refractivity contribution >= 4 is 5.91 Å². The van der Waals surface area contributed by atoms with Crippen molar-refractivity contribution in [3.63, 3.8) is 0 Å². The first-order valence-electron chi connectivity index (χ1n) is 10.1. The van der Waals surface area contributed by atoms with Gasteiger partial charge in [-0.05, 0) is 62.3 Å². The summed E-state index contributed by atoms with van der Waals surface area (Å²) in [7, 11) is 0. The summed E-state index contributed by atoms with van der Waals surface area (Å²) in [5, 5.41) is 10.6. The predicted octanol–water partition coefficient (Wildman–Crippen LogP) is 3.20. The van der Waals surface area contributed by atoms with E-state index >= 15 is 0 Å². The minimum atomic E-state index is -0.632. The second kappa shape index (κ2) is 7.87. The number of carbonyl (C=O) groups excluding carboxylic acids is 1. The van der Waals surface area contributed by atoms with E-state index in [1.807, 2.05) is 31.2 Å².